The van der Waals surface area contributed by atoms with Crippen molar-refractivity contribution in [3.63, 3.8) is 0 Å². The number of rotatable bonds is 5. The highest BCUT2D eigenvalue weighted by atomic mass is 35.5. The third-order valence-electron chi connectivity index (χ3n) is 3.42. The van der Waals surface area contributed by atoms with Gasteiger partial charge in [-0.15, -0.1) is 0 Å². The lowest BCUT2D eigenvalue weighted by atomic mass is 10.2. The molecule has 0 spiro atoms. The van der Waals surface area contributed by atoms with Crippen LogP contribution in [0.15, 0.2) is 0 Å². The smallest absolute Gasteiger partial charge is 0.411 e. The van der Waals surface area contributed by atoms with Crippen molar-refractivity contribution in [3.05, 3.63) is 0 Å². The zero-order valence-corrected chi connectivity index (χ0v) is 15.4. The van der Waals surface area contributed by atoms with Crippen molar-refractivity contribution < 1.29 is 40.3 Å². The quantitative estimate of drug-likeness (QED) is 0.359. The maximum absolute atomic E-state index is 12.7. The summed E-state index contributed by atoms with van der Waals surface area (Å²) in [5, 5.41) is 0. The molecule has 0 saturated carbocycles. The highest BCUT2D eigenvalue weighted by Gasteiger charge is 2.37. The van der Waals surface area contributed by atoms with Crippen molar-refractivity contribution >= 4 is 12.1 Å². The molecule has 23 heavy (non-hydrogen) atoms. The highest BCUT2D eigenvalue weighted by molar-refractivity contribution is 5.82. The Morgan fingerprint density at radius 1 is 1.30 bits per heavy atom. The molecule has 136 valence electrons. The third kappa shape index (κ3) is 7.35. The Balaban J connectivity index is 0.00000484. The summed E-state index contributed by atoms with van der Waals surface area (Å²) in [6.45, 7) is 5.84. The molecule has 1 atom stereocenters. The lowest BCUT2D eigenvalue weighted by Gasteiger charge is -2.28. The third-order valence-corrected chi connectivity index (χ3v) is 3.42. The zero-order valence-electron chi connectivity index (χ0n) is 14.6. The van der Waals surface area contributed by atoms with Gasteiger partial charge in [-0.05, 0) is 33.6 Å². The largest absolute Gasteiger partial charge is 1.00 e. The van der Waals surface area contributed by atoms with Crippen LogP contribution in [0.3, 0.4) is 0 Å². The second-order valence-electron chi connectivity index (χ2n) is 7.28. The first-order chi connectivity index (χ1) is 10.1. The average molecular weight is 355 g/mol. The van der Waals surface area contributed by atoms with Crippen molar-refractivity contribution in [3.8, 4) is 0 Å². The summed E-state index contributed by atoms with van der Waals surface area (Å²) in [5.74, 6) is -0.442. The van der Waals surface area contributed by atoms with Gasteiger partial charge in [-0.1, -0.05) is 0 Å². The van der Waals surface area contributed by atoms with Crippen LogP contribution in [0.4, 0.5) is 9.18 Å². The van der Waals surface area contributed by atoms with Gasteiger partial charge in [-0.3, -0.25) is 9.38 Å². The summed E-state index contributed by atoms with van der Waals surface area (Å²) in [6, 6.07) is -0.601. The first kappa shape index (κ1) is 21.9. The van der Waals surface area contributed by atoms with Crippen LogP contribution in [0, 0.1) is 0 Å². The molecule has 0 bridgehead atoms. The van der Waals surface area contributed by atoms with E-state index in [2.05, 4.69) is 0 Å². The first-order valence-corrected chi connectivity index (χ1v) is 7.60. The van der Waals surface area contributed by atoms with Crippen LogP contribution >= 0.6 is 0 Å². The standard InChI is InChI=1S/C15H28FN2O4.ClH/c1-15(2,3)22-14(20)17-8-6-7-12(17)13(19)21-10-9-18(4,5)11-16;/h12H,6-11H2,1-5H3;1H/q+1;/p-1. The van der Waals surface area contributed by atoms with Crippen molar-refractivity contribution in [2.24, 2.45) is 0 Å². The molecular weight excluding hydrogens is 327 g/mol. The zero-order chi connectivity index (χ0) is 17.0. The van der Waals surface area contributed by atoms with Gasteiger partial charge in [0.05, 0.1) is 14.1 Å². The van der Waals surface area contributed by atoms with Crippen molar-refractivity contribution in [1.29, 1.82) is 0 Å². The molecule has 1 heterocycles. The fourth-order valence-corrected chi connectivity index (χ4v) is 2.10. The Bertz CT molecular complexity index is 413. The number of amides is 1. The highest BCUT2D eigenvalue weighted by Crippen LogP contribution is 2.21. The van der Waals surface area contributed by atoms with E-state index in [-0.39, 0.29) is 23.5 Å². The van der Waals surface area contributed by atoms with Crippen LogP contribution in [-0.4, -0.2) is 73.7 Å². The molecule has 1 fully saturated rings. The number of halogens is 2. The van der Waals surface area contributed by atoms with Gasteiger partial charge in [0, 0.05) is 6.54 Å². The number of likely N-dealkylation sites (tertiary alicyclic amines) is 1. The normalized spacial score (nSPS) is 18.3. The molecule has 0 aliphatic carbocycles. The van der Waals surface area contributed by atoms with E-state index < -0.39 is 30.5 Å². The van der Waals surface area contributed by atoms with Crippen LogP contribution in [0.5, 0.6) is 0 Å². The molecule has 0 N–H and O–H groups in total. The lowest BCUT2D eigenvalue weighted by Crippen LogP contribution is -3.00. The van der Waals surface area contributed by atoms with Crippen LogP contribution < -0.4 is 12.4 Å². The van der Waals surface area contributed by atoms with E-state index in [4.69, 9.17) is 9.47 Å². The van der Waals surface area contributed by atoms with E-state index in [9.17, 15) is 14.0 Å². The van der Waals surface area contributed by atoms with Gasteiger partial charge in [0.1, 0.15) is 24.8 Å². The molecule has 0 aromatic heterocycles. The SMILES string of the molecule is CC(C)(C)OC(=O)N1CCCC1C(=O)OCC[N+](C)(C)CF.[Cl-]. The topological polar surface area (TPSA) is 55.8 Å². The summed E-state index contributed by atoms with van der Waals surface area (Å²) >= 11 is 0. The number of esters is 1. The maximum atomic E-state index is 12.7. The fraction of sp³-hybridized carbons (Fsp3) is 0.867. The second kappa shape index (κ2) is 8.68. The number of likely N-dealkylation sites (N-methyl/N-ethyl adjacent to an activating group) is 1. The molecule has 1 aliphatic heterocycles. The summed E-state index contributed by atoms with van der Waals surface area (Å²) in [5.41, 5.74) is -0.600. The molecule has 1 unspecified atom stereocenters. The summed E-state index contributed by atoms with van der Waals surface area (Å²) in [4.78, 5) is 25.6. The van der Waals surface area contributed by atoms with Crippen molar-refractivity contribution in [1.82, 2.24) is 4.90 Å². The maximum Gasteiger partial charge on any atom is 0.411 e. The van der Waals surface area contributed by atoms with Crippen molar-refractivity contribution in [2.45, 2.75) is 45.3 Å². The lowest BCUT2D eigenvalue weighted by molar-refractivity contribution is -0.902. The molecule has 1 amide bonds. The van der Waals surface area contributed by atoms with Gasteiger partial charge in [0.2, 0.25) is 6.80 Å². The minimum atomic E-state index is -0.601. The minimum absolute atomic E-state index is 0. The van der Waals surface area contributed by atoms with Gasteiger partial charge in [0.25, 0.3) is 0 Å². The Morgan fingerprint density at radius 2 is 1.91 bits per heavy atom. The van der Waals surface area contributed by atoms with Gasteiger partial charge in [-0.25, -0.2) is 9.59 Å². The van der Waals surface area contributed by atoms with Gasteiger partial charge in [0.15, 0.2) is 0 Å². The number of carbonyl (C=O) groups excluding carboxylic acids is 2. The number of ether oxygens (including phenoxy) is 2. The first-order valence-electron chi connectivity index (χ1n) is 7.60. The molecule has 1 aliphatic rings. The van der Waals surface area contributed by atoms with Crippen molar-refractivity contribution in [2.75, 3.05) is 40.6 Å². The average Bonchev–Trinajstić information content (AvgIpc) is 2.85. The minimum Gasteiger partial charge on any atom is -1.00 e. The Morgan fingerprint density at radius 3 is 2.43 bits per heavy atom. The van der Waals surface area contributed by atoms with E-state index in [1.165, 1.54) is 4.90 Å². The number of alkyl halides is 1. The summed E-state index contributed by atoms with van der Waals surface area (Å²) in [7, 11) is 3.44. The van der Waals surface area contributed by atoms with E-state index in [1.807, 2.05) is 0 Å². The molecule has 1 saturated heterocycles. The molecule has 1 rings (SSSR count). The van der Waals surface area contributed by atoms with E-state index >= 15 is 0 Å². The monoisotopic (exact) mass is 354 g/mol. The van der Waals surface area contributed by atoms with E-state index in [0.717, 1.165) is 6.42 Å². The summed E-state index contributed by atoms with van der Waals surface area (Å²) in [6.07, 6.45) is 0.816. The number of hydrogen-bond donors (Lipinski definition) is 0. The van der Waals surface area contributed by atoms with Crippen LogP contribution in [0.25, 0.3) is 0 Å². The number of hydrogen-bond acceptors (Lipinski definition) is 4. The predicted octanol–water partition coefficient (Wildman–Crippen LogP) is -1.06. The van der Waals surface area contributed by atoms with Crippen LogP contribution in [0.2, 0.25) is 0 Å². The number of quaternary nitrogens is 1. The molecule has 0 aromatic rings. The molecule has 0 radical (unpaired) electrons. The second-order valence-corrected chi connectivity index (χ2v) is 7.28. The molecule has 6 nitrogen and oxygen atoms in total. The van der Waals surface area contributed by atoms with E-state index in [1.54, 1.807) is 34.9 Å². The molecular formula is C15H28ClFN2O4. The number of nitrogens with zero attached hydrogens (tertiary/aromatic N) is 2. The summed E-state index contributed by atoms with van der Waals surface area (Å²) < 4.78 is 23.3. The van der Waals surface area contributed by atoms with Crippen LogP contribution in [-0.2, 0) is 14.3 Å². The Hall–Kier alpha value is -1.08. The van der Waals surface area contributed by atoms with E-state index in [0.29, 0.717) is 19.5 Å². The predicted molar refractivity (Wildman–Crippen MR) is 79.9 cm³/mol. The number of carbonyl (C=O) groups is 2. The molecule has 8 heteroatoms. The fourth-order valence-electron chi connectivity index (χ4n) is 2.10. The Labute approximate surface area is 143 Å². The Kier molecular flexibility index (Phi) is 8.28. The van der Waals surface area contributed by atoms with Gasteiger partial charge < -0.3 is 21.9 Å². The van der Waals surface area contributed by atoms with Crippen LogP contribution in [0.1, 0.15) is 33.6 Å². The van der Waals surface area contributed by atoms with Gasteiger partial charge >= 0.3 is 12.1 Å². The van der Waals surface area contributed by atoms with Gasteiger partial charge in [-0.2, -0.15) is 4.39 Å². The molecule has 0 aromatic carbocycles.